The number of aryl methyl sites for hydroxylation is 2. The smallest absolute Gasteiger partial charge is 0.246 e. The van der Waals surface area contributed by atoms with E-state index in [0.717, 1.165) is 54.6 Å². The Morgan fingerprint density at radius 2 is 1.75 bits per heavy atom. The molecule has 268 valence electrons. The van der Waals surface area contributed by atoms with Crippen molar-refractivity contribution in [1.82, 2.24) is 30.0 Å². The number of carbonyl (C=O) groups excluding carboxylic acids is 2. The largest absolute Gasteiger partial charge is 0.385 e. The molecule has 0 bridgehead atoms. The molecule has 2 saturated heterocycles. The average Bonchev–Trinajstić information content (AvgIpc) is 3.40. The molecule has 11 nitrogen and oxygen atoms in total. The van der Waals surface area contributed by atoms with Crippen LogP contribution in [-0.2, 0) is 24.3 Å². The van der Waals surface area contributed by atoms with Crippen molar-refractivity contribution in [1.29, 1.82) is 0 Å². The van der Waals surface area contributed by atoms with Crippen LogP contribution in [-0.4, -0.2) is 91.7 Å². The molecule has 3 aliphatic rings. The second-order valence-electron chi connectivity index (χ2n) is 13.7. The summed E-state index contributed by atoms with van der Waals surface area (Å²) in [6, 6.07) is 6.45. The molecule has 1 unspecified atom stereocenters. The van der Waals surface area contributed by atoms with Crippen LogP contribution in [0.15, 0.2) is 29.2 Å². The minimum absolute atomic E-state index is 0. The van der Waals surface area contributed by atoms with Gasteiger partial charge in [-0.15, -0.1) is 12.4 Å². The number of carbonyl (C=O) groups is 2. The Morgan fingerprint density at radius 3 is 2.35 bits per heavy atom. The van der Waals surface area contributed by atoms with Crippen molar-refractivity contribution in [3.05, 3.63) is 46.8 Å². The standard InChI is InChI=1S/C35H54N6O5S.ClH/c1-5-6-20-41-33(42)30(24-27-11-8-7-9-12-27)37-34(43)35(41)17-21-40(22-18-35)32(31-25(2)38-39-26(31)3)28-13-15-29(16-14-28)47(44,45)36-19-10-23-46-4;/h13-16,27,30,32,36H,5-12,17-24H2,1-4H3,(H,37,43)(H,38,39);1H/t30-,32?;/m0./s1. The van der Waals surface area contributed by atoms with Crippen LogP contribution in [0.1, 0.15) is 106 Å². The minimum atomic E-state index is -3.66. The number of hydrogen-bond acceptors (Lipinski definition) is 7. The molecule has 1 aromatic carbocycles. The zero-order valence-corrected chi connectivity index (χ0v) is 30.7. The van der Waals surface area contributed by atoms with Gasteiger partial charge in [0.2, 0.25) is 21.8 Å². The average molecular weight is 707 g/mol. The number of likely N-dealkylation sites (tertiary alicyclic amines) is 1. The van der Waals surface area contributed by atoms with E-state index in [2.05, 4.69) is 32.1 Å². The number of piperazine rings is 1. The molecule has 48 heavy (non-hydrogen) atoms. The zero-order chi connectivity index (χ0) is 33.6. The highest BCUT2D eigenvalue weighted by atomic mass is 35.5. The van der Waals surface area contributed by atoms with E-state index in [1.165, 1.54) is 19.3 Å². The summed E-state index contributed by atoms with van der Waals surface area (Å²) in [5, 5.41) is 10.8. The first-order valence-electron chi connectivity index (χ1n) is 17.6. The second-order valence-corrected chi connectivity index (χ2v) is 15.5. The third kappa shape index (κ3) is 8.26. The summed E-state index contributed by atoms with van der Waals surface area (Å²) >= 11 is 0. The van der Waals surface area contributed by atoms with E-state index < -0.39 is 21.6 Å². The molecule has 1 saturated carbocycles. The van der Waals surface area contributed by atoms with Crippen molar-refractivity contribution < 1.29 is 22.7 Å². The number of halogens is 1. The summed E-state index contributed by atoms with van der Waals surface area (Å²) in [6.45, 7) is 8.70. The Kier molecular flexibility index (Phi) is 13.5. The van der Waals surface area contributed by atoms with E-state index in [1.807, 2.05) is 30.9 Å². The maximum Gasteiger partial charge on any atom is 0.246 e. The summed E-state index contributed by atoms with van der Waals surface area (Å²) in [5.74, 6) is 0.577. The molecule has 13 heteroatoms. The Morgan fingerprint density at radius 1 is 1.06 bits per heavy atom. The number of methoxy groups -OCH3 is 1. The Bertz CT molecular complexity index is 1450. The van der Waals surface area contributed by atoms with Crippen molar-refractivity contribution in [3.8, 4) is 0 Å². The van der Waals surface area contributed by atoms with Crippen LogP contribution >= 0.6 is 12.4 Å². The van der Waals surface area contributed by atoms with Crippen molar-refractivity contribution in [2.75, 3.05) is 39.9 Å². The van der Waals surface area contributed by atoms with Gasteiger partial charge in [-0.05, 0) is 69.6 Å². The first kappa shape index (κ1) is 38.3. The third-order valence-corrected chi connectivity index (χ3v) is 12.1. The number of rotatable bonds is 14. The van der Waals surface area contributed by atoms with Crippen LogP contribution in [0.5, 0.6) is 0 Å². The molecular formula is C35H55ClN6O5S. The molecule has 3 heterocycles. The van der Waals surface area contributed by atoms with Crippen LogP contribution < -0.4 is 10.0 Å². The van der Waals surface area contributed by atoms with Gasteiger partial charge in [-0.2, -0.15) is 5.10 Å². The summed E-state index contributed by atoms with van der Waals surface area (Å²) in [5.41, 5.74) is 2.97. The number of aromatic nitrogens is 2. The lowest BCUT2D eigenvalue weighted by atomic mass is 9.78. The van der Waals surface area contributed by atoms with Gasteiger partial charge >= 0.3 is 0 Å². The number of aromatic amines is 1. The number of nitrogens with one attached hydrogen (secondary N) is 3. The summed E-state index contributed by atoms with van der Waals surface area (Å²) in [7, 11) is -2.06. The lowest BCUT2D eigenvalue weighted by Crippen LogP contribution is -2.73. The molecule has 3 fully saturated rings. The number of hydrogen-bond donors (Lipinski definition) is 3. The van der Waals surface area contributed by atoms with Gasteiger partial charge in [0.05, 0.1) is 16.6 Å². The highest BCUT2D eigenvalue weighted by Gasteiger charge is 2.54. The molecule has 2 amide bonds. The lowest BCUT2D eigenvalue weighted by molar-refractivity contribution is -0.162. The minimum Gasteiger partial charge on any atom is -0.385 e. The summed E-state index contributed by atoms with van der Waals surface area (Å²) in [6.07, 6.45) is 10.2. The molecule has 1 aliphatic carbocycles. The van der Waals surface area contributed by atoms with Crippen LogP contribution in [0, 0.1) is 19.8 Å². The van der Waals surface area contributed by atoms with E-state index >= 15 is 0 Å². The topological polar surface area (TPSA) is 137 Å². The second kappa shape index (κ2) is 16.9. The van der Waals surface area contributed by atoms with Crippen molar-refractivity contribution in [2.45, 2.75) is 114 Å². The first-order chi connectivity index (χ1) is 22.6. The van der Waals surface area contributed by atoms with Gasteiger partial charge in [0, 0.05) is 51.2 Å². The predicted octanol–water partition coefficient (Wildman–Crippen LogP) is 4.78. The van der Waals surface area contributed by atoms with Crippen LogP contribution in [0.4, 0.5) is 0 Å². The SMILES string of the molecule is CCCCN1C(=O)[C@H](CC2CCCCC2)NC(=O)C12CCN(C(c1ccc(S(=O)(=O)NCCCOC)cc1)c1c(C)n[nH]c1C)CC2.Cl. The molecule has 3 N–H and O–H groups in total. The van der Waals surface area contributed by atoms with Crippen molar-refractivity contribution >= 4 is 34.2 Å². The first-order valence-corrected chi connectivity index (χ1v) is 19.1. The number of nitrogens with zero attached hydrogens (tertiary/aromatic N) is 3. The number of H-pyrrole nitrogens is 1. The van der Waals surface area contributed by atoms with Gasteiger partial charge in [-0.3, -0.25) is 19.6 Å². The Hall–Kier alpha value is -2.51. The third-order valence-electron chi connectivity index (χ3n) is 10.6. The lowest BCUT2D eigenvalue weighted by Gasteiger charge is -2.53. The van der Waals surface area contributed by atoms with Gasteiger partial charge in [0.25, 0.3) is 0 Å². The zero-order valence-electron chi connectivity index (χ0n) is 29.1. The van der Waals surface area contributed by atoms with E-state index in [9.17, 15) is 18.0 Å². The molecule has 2 atom stereocenters. The molecule has 2 aromatic rings. The molecule has 1 spiro atoms. The predicted molar refractivity (Wildman–Crippen MR) is 189 cm³/mol. The van der Waals surface area contributed by atoms with E-state index in [4.69, 9.17) is 4.74 Å². The van der Waals surface area contributed by atoms with E-state index in [0.29, 0.717) is 58.0 Å². The normalized spacial score (nSPS) is 21.2. The maximum atomic E-state index is 14.1. The highest BCUT2D eigenvalue weighted by Crippen LogP contribution is 2.40. The summed E-state index contributed by atoms with van der Waals surface area (Å²) < 4.78 is 33.6. The van der Waals surface area contributed by atoms with Gasteiger partial charge in [-0.25, -0.2) is 13.1 Å². The van der Waals surface area contributed by atoms with Gasteiger partial charge in [0.1, 0.15) is 11.6 Å². The number of sulfonamides is 1. The molecule has 5 rings (SSSR count). The Labute approximate surface area is 292 Å². The molecular weight excluding hydrogens is 652 g/mol. The number of benzene rings is 1. The van der Waals surface area contributed by atoms with E-state index in [-0.39, 0.29) is 35.2 Å². The molecule has 2 aliphatic heterocycles. The van der Waals surface area contributed by atoms with Crippen molar-refractivity contribution in [3.63, 3.8) is 0 Å². The number of ether oxygens (including phenoxy) is 1. The summed E-state index contributed by atoms with van der Waals surface area (Å²) in [4.78, 5) is 32.6. The number of amides is 2. The van der Waals surface area contributed by atoms with Crippen LogP contribution in [0.25, 0.3) is 0 Å². The monoisotopic (exact) mass is 706 g/mol. The quantitative estimate of drug-likeness (QED) is 0.241. The van der Waals surface area contributed by atoms with Gasteiger partial charge in [0.15, 0.2) is 0 Å². The maximum absolute atomic E-state index is 14.1. The fraction of sp³-hybridized carbons (Fsp3) is 0.686. The molecule has 0 radical (unpaired) electrons. The fourth-order valence-electron chi connectivity index (χ4n) is 7.94. The molecule has 1 aromatic heterocycles. The number of unbranched alkanes of at least 4 members (excludes halogenated alkanes) is 1. The number of piperidine rings is 1. The fourth-order valence-corrected chi connectivity index (χ4v) is 9.01. The van der Waals surface area contributed by atoms with Gasteiger partial charge in [-0.1, -0.05) is 57.6 Å². The highest BCUT2D eigenvalue weighted by molar-refractivity contribution is 7.89. The van der Waals surface area contributed by atoms with E-state index in [1.54, 1.807) is 19.2 Å². The van der Waals surface area contributed by atoms with Crippen LogP contribution in [0.3, 0.4) is 0 Å². The van der Waals surface area contributed by atoms with Crippen molar-refractivity contribution in [2.24, 2.45) is 5.92 Å². The van der Waals surface area contributed by atoms with Crippen LogP contribution in [0.2, 0.25) is 0 Å². The Balaban J connectivity index is 0.00000520. The van der Waals surface area contributed by atoms with Gasteiger partial charge < -0.3 is 15.0 Å².